The molecule has 0 bridgehead atoms. The number of aromatic nitrogens is 2. The molecule has 1 saturated heterocycles. The number of carboxylic acids is 1. The standard InChI is InChI=1S/C10H13N3O3/c1-6-2-3-11-10(13-6)16-7-4-8(9(14)15)12-5-7/h2-3,7-8,12H,4-5H2,1H3,(H,14,15). The van der Waals surface area contributed by atoms with Crippen molar-refractivity contribution in [2.24, 2.45) is 0 Å². The molecule has 1 aromatic rings. The third-order valence-corrected chi connectivity index (χ3v) is 2.43. The number of carbonyl (C=O) groups is 1. The van der Waals surface area contributed by atoms with Crippen LogP contribution in [0, 0.1) is 6.92 Å². The van der Waals surface area contributed by atoms with Crippen molar-refractivity contribution in [3.63, 3.8) is 0 Å². The molecule has 1 aliphatic heterocycles. The minimum Gasteiger partial charge on any atom is -0.480 e. The summed E-state index contributed by atoms with van der Waals surface area (Å²) in [6, 6.07) is 1.55. The lowest BCUT2D eigenvalue weighted by Crippen LogP contribution is -2.30. The average molecular weight is 223 g/mol. The Morgan fingerprint density at radius 1 is 1.69 bits per heavy atom. The molecule has 2 heterocycles. The molecule has 1 fully saturated rings. The predicted octanol–water partition coefficient (Wildman–Crippen LogP) is -0.0211. The van der Waals surface area contributed by atoms with Crippen LogP contribution in [0.4, 0.5) is 0 Å². The molecule has 2 rings (SSSR count). The highest BCUT2D eigenvalue weighted by atomic mass is 16.5. The van der Waals surface area contributed by atoms with E-state index >= 15 is 0 Å². The number of rotatable bonds is 3. The van der Waals surface area contributed by atoms with Crippen LogP contribution in [0.5, 0.6) is 6.01 Å². The van der Waals surface area contributed by atoms with Crippen LogP contribution >= 0.6 is 0 Å². The van der Waals surface area contributed by atoms with Crippen LogP contribution in [-0.2, 0) is 4.79 Å². The van der Waals surface area contributed by atoms with Gasteiger partial charge in [-0.2, -0.15) is 0 Å². The predicted molar refractivity (Wildman–Crippen MR) is 55.2 cm³/mol. The monoisotopic (exact) mass is 223 g/mol. The Morgan fingerprint density at radius 2 is 2.50 bits per heavy atom. The van der Waals surface area contributed by atoms with Crippen molar-refractivity contribution in [3.05, 3.63) is 18.0 Å². The maximum absolute atomic E-state index is 10.7. The molecular formula is C10H13N3O3. The number of hydrogen-bond donors (Lipinski definition) is 2. The minimum absolute atomic E-state index is 0.178. The molecule has 2 unspecified atom stereocenters. The quantitative estimate of drug-likeness (QED) is 0.749. The van der Waals surface area contributed by atoms with E-state index in [1.54, 1.807) is 12.3 Å². The van der Waals surface area contributed by atoms with Gasteiger partial charge in [0.2, 0.25) is 0 Å². The van der Waals surface area contributed by atoms with E-state index in [2.05, 4.69) is 15.3 Å². The van der Waals surface area contributed by atoms with E-state index < -0.39 is 12.0 Å². The summed E-state index contributed by atoms with van der Waals surface area (Å²) in [6.07, 6.45) is 1.88. The number of nitrogens with one attached hydrogen (secondary N) is 1. The summed E-state index contributed by atoms with van der Waals surface area (Å²) >= 11 is 0. The summed E-state index contributed by atoms with van der Waals surface area (Å²) in [7, 11) is 0. The zero-order chi connectivity index (χ0) is 11.5. The molecule has 0 aromatic carbocycles. The molecule has 2 atom stereocenters. The van der Waals surface area contributed by atoms with Gasteiger partial charge in [-0.15, -0.1) is 0 Å². The minimum atomic E-state index is -0.851. The highest BCUT2D eigenvalue weighted by Gasteiger charge is 2.30. The highest BCUT2D eigenvalue weighted by molar-refractivity contribution is 5.73. The molecular weight excluding hydrogens is 210 g/mol. The van der Waals surface area contributed by atoms with Gasteiger partial charge in [0.15, 0.2) is 0 Å². The van der Waals surface area contributed by atoms with Gasteiger partial charge in [-0.05, 0) is 13.0 Å². The molecule has 1 aromatic heterocycles. The normalized spacial score (nSPS) is 24.3. The van der Waals surface area contributed by atoms with Crippen molar-refractivity contribution in [2.75, 3.05) is 6.54 Å². The van der Waals surface area contributed by atoms with E-state index in [0.717, 1.165) is 5.69 Å². The number of ether oxygens (including phenoxy) is 1. The number of nitrogens with zero attached hydrogens (tertiary/aromatic N) is 2. The Hall–Kier alpha value is -1.69. The van der Waals surface area contributed by atoms with Gasteiger partial charge in [0.1, 0.15) is 12.1 Å². The van der Waals surface area contributed by atoms with E-state index in [9.17, 15) is 4.79 Å². The van der Waals surface area contributed by atoms with Crippen molar-refractivity contribution in [3.8, 4) is 6.01 Å². The summed E-state index contributed by atoms with van der Waals surface area (Å²) in [5, 5.41) is 11.7. The second kappa shape index (κ2) is 4.44. The van der Waals surface area contributed by atoms with Crippen molar-refractivity contribution in [1.82, 2.24) is 15.3 Å². The molecule has 6 heteroatoms. The molecule has 0 spiro atoms. The van der Waals surface area contributed by atoms with Crippen LogP contribution in [0.25, 0.3) is 0 Å². The summed E-state index contributed by atoms with van der Waals surface area (Å²) in [5.74, 6) is -0.851. The zero-order valence-electron chi connectivity index (χ0n) is 8.88. The second-order valence-electron chi connectivity index (χ2n) is 3.76. The maximum Gasteiger partial charge on any atom is 0.320 e. The van der Waals surface area contributed by atoms with Gasteiger partial charge in [0, 0.05) is 24.9 Å². The zero-order valence-corrected chi connectivity index (χ0v) is 8.88. The Labute approximate surface area is 92.7 Å². The number of aryl methyl sites for hydroxylation is 1. The Morgan fingerprint density at radius 3 is 3.12 bits per heavy atom. The Kier molecular flexibility index (Phi) is 3.00. The average Bonchev–Trinajstić information content (AvgIpc) is 2.66. The van der Waals surface area contributed by atoms with E-state index in [1.165, 1.54) is 0 Å². The van der Waals surface area contributed by atoms with Gasteiger partial charge in [0.25, 0.3) is 0 Å². The van der Waals surface area contributed by atoms with E-state index in [0.29, 0.717) is 19.0 Å². The lowest BCUT2D eigenvalue weighted by Gasteiger charge is -2.10. The van der Waals surface area contributed by atoms with Crippen LogP contribution in [0.2, 0.25) is 0 Å². The number of aliphatic carboxylic acids is 1. The molecule has 2 N–H and O–H groups in total. The second-order valence-corrected chi connectivity index (χ2v) is 3.76. The summed E-state index contributed by atoms with van der Waals surface area (Å²) in [6.45, 7) is 2.36. The van der Waals surface area contributed by atoms with Crippen LogP contribution < -0.4 is 10.1 Å². The van der Waals surface area contributed by atoms with Crippen molar-refractivity contribution in [1.29, 1.82) is 0 Å². The first-order chi connectivity index (χ1) is 7.65. The molecule has 86 valence electrons. The molecule has 0 saturated carbocycles. The molecule has 0 radical (unpaired) electrons. The number of hydrogen-bond acceptors (Lipinski definition) is 5. The van der Waals surface area contributed by atoms with Gasteiger partial charge in [-0.1, -0.05) is 0 Å². The first-order valence-corrected chi connectivity index (χ1v) is 5.07. The summed E-state index contributed by atoms with van der Waals surface area (Å²) in [4.78, 5) is 18.8. The third-order valence-electron chi connectivity index (χ3n) is 2.43. The SMILES string of the molecule is Cc1ccnc(OC2CNC(C(=O)O)C2)n1. The highest BCUT2D eigenvalue weighted by Crippen LogP contribution is 2.13. The largest absolute Gasteiger partial charge is 0.480 e. The smallest absolute Gasteiger partial charge is 0.320 e. The van der Waals surface area contributed by atoms with Crippen LogP contribution in [0.15, 0.2) is 12.3 Å². The van der Waals surface area contributed by atoms with Crippen LogP contribution in [0.3, 0.4) is 0 Å². The Balaban J connectivity index is 1.94. The van der Waals surface area contributed by atoms with E-state index in [1.807, 2.05) is 6.92 Å². The topological polar surface area (TPSA) is 84.3 Å². The fraction of sp³-hybridized carbons (Fsp3) is 0.500. The maximum atomic E-state index is 10.7. The van der Waals surface area contributed by atoms with Crippen LogP contribution in [-0.4, -0.2) is 39.7 Å². The molecule has 16 heavy (non-hydrogen) atoms. The Bertz CT molecular complexity index is 397. The lowest BCUT2D eigenvalue weighted by atomic mass is 10.2. The van der Waals surface area contributed by atoms with Gasteiger partial charge in [-0.25, -0.2) is 9.97 Å². The number of carboxylic acid groups (broad SMARTS) is 1. The fourth-order valence-electron chi connectivity index (χ4n) is 1.61. The fourth-order valence-corrected chi connectivity index (χ4v) is 1.61. The summed E-state index contributed by atoms with van der Waals surface area (Å²) in [5.41, 5.74) is 0.825. The molecule has 6 nitrogen and oxygen atoms in total. The summed E-state index contributed by atoms with van der Waals surface area (Å²) < 4.78 is 5.49. The third kappa shape index (κ3) is 2.46. The van der Waals surface area contributed by atoms with Gasteiger partial charge in [-0.3, -0.25) is 4.79 Å². The lowest BCUT2D eigenvalue weighted by molar-refractivity contribution is -0.139. The van der Waals surface area contributed by atoms with Gasteiger partial charge >= 0.3 is 12.0 Å². The van der Waals surface area contributed by atoms with E-state index in [4.69, 9.17) is 9.84 Å². The molecule has 1 aliphatic rings. The van der Waals surface area contributed by atoms with Crippen molar-refractivity contribution >= 4 is 5.97 Å². The molecule has 0 amide bonds. The van der Waals surface area contributed by atoms with Crippen LogP contribution in [0.1, 0.15) is 12.1 Å². The van der Waals surface area contributed by atoms with Crippen molar-refractivity contribution < 1.29 is 14.6 Å². The van der Waals surface area contributed by atoms with Gasteiger partial charge in [0.05, 0.1) is 0 Å². The first-order valence-electron chi connectivity index (χ1n) is 5.07. The van der Waals surface area contributed by atoms with E-state index in [-0.39, 0.29) is 6.10 Å². The van der Waals surface area contributed by atoms with Gasteiger partial charge < -0.3 is 15.2 Å². The molecule has 0 aliphatic carbocycles. The van der Waals surface area contributed by atoms with Crippen molar-refractivity contribution in [2.45, 2.75) is 25.5 Å². The first kappa shape index (κ1) is 10.8.